The summed E-state index contributed by atoms with van der Waals surface area (Å²) in [6.45, 7) is 3.44. The van der Waals surface area contributed by atoms with Crippen LogP contribution in [0, 0.1) is 23.7 Å². The molecule has 0 unspecified atom stereocenters. The first-order chi connectivity index (χ1) is 7.24. The molecular weight excluding hydrogens is 188 g/mol. The molecule has 0 aromatic carbocycles. The standard InChI is InChI=1S/C12H16N2O/c1-10-3-4-11(15-10)7-14-9-12(8-13)5-2-6-12/h3-4,14H,2,5-7,9H2,1H3. The van der Waals surface area contributed by atoms with Crippen molar-refractivity contribution in [3.05, 3.63) is 23.7 Å². The lowest BCUT2D eigenvalue weighted by atomic mass is 9.70. The summed E-state index contributed by atoms with van der Waals surface area (Å²) in [4.78, 5) is 0. The molecule has 1 aliphatic carbocycles. The minimum Gasteiger partial charge on any atom is -0.465 e. The van der Waals surface area contributed by atoms with Gasteiger partial charge in [-0.2, -0.15) is 5.26 Å². The Morgan fingerprint density at radius 3 is 2.80 bits per heavy atom. The Hall–Kier alpha value is -1.27. The van der Waals surface area contributed by atoms with Crippen LogP contribution in [0.1, 0.15) is 30.8 Å². The fourth-order valence-corrected chi connectivity index (χ4v) is 1.94. The van der Waals surface area contributed by atoms with E-state index >= 15 is 0 Å². The van der Waals surface area contributed by atoms with Gasteiger partial charge in [0.2, 0.25) is 0 Å². The van der Waals surface area contributed by atoms with Gasteiger partial charge in [-0.1, -0.05) is 6.42 Å². The number of nitriles is 1. The molecule has 0 amide bonds. The van der Waals surface area contributed by atoms with Crippen molar-refractivity contribution in [1.29, 1.82) is 5.26 Å². The predicted octanol–water partition coefficient (Wildman–Crippen LogP) is 2.37. The van der Waals surface area contributed by atoms with Crippen LogP contribution >= 0.6 is 0 Å². The van der Waals surface area contributed by atoms with Gasteiger partial charge in [-0.05, 0) is 31.9 Å². The average molecular weight is 204 g/mol. The highest BCUT2D eigenvalue weighted by Crippen LogP contribution is 2.39. The Bertz CT molecular complexity index is 371. The number of nitrogens with one attached hydrogen (secondary N) is 1. The average Bonchev–Trinajstić information content (AvgIpc) is 2.56. The molecule has 0 atom stereocenters. The molecule has 1 aliphatic rings. The normalized spacial score (nSPS) is 18.1. The zero-order chi connectivity index (χ0) is 10.7. The Morgan fingerprint density at radius 1 is 1.53 bits per heavy atom. The molecule has 1 aromatic heterocycles. The van der Waals surface area contributed by atoms with Gasteiger partial charge in [0.05, 0.1) is 18.0 Å². The SMILES string of the molecule is Cc1ccc(CNCC2(C#N)CCC2)o1. The molecule has 2 rings (SSSR count). The maximum Gasteiger partial charge on any atom is 0.117 e. The van der Waals surface area contributed by atoms with Gasteiger partial charge in [-0.3, -0.25) is 0 Å². The summed E-state index contributed by atoms with van der Waals surface area (Å²) in [5, 5.41) is 12.3. The van der Waals surface area contributed by atoms with E-state index in [2.05, 4.69) is 11.4 Å². The van der Waals surface area contributed by atoms with Gasteiger partial charge < -0.3 is 9.73 Å². The number of aryl methyl sites for hydroxylation is 1. The fourth-order valence-electron chi connectivity index (χ4n) is 1.94. The van der Waals surface area contributed by atoms with Crippen LogP contribution in [0.2, 0.25) is 0 Å². The number of nitrogens with zero attached hydrogens (tertiary/aromatic N) is 1. The van der Waals surface area contributed by atoms with Crippen molar-refractivity contribution in [2.24, 2.45) is 5.41 Å². The van der Waals surface area contributed by atoms with Crippen LogP contribution in [0.5, 0.6) is 0 Å². The fraction of sp³-hybridized carbons (Fsp3) is 0.583. The van der Waals surface area contributed by atoms with E-state index in [1.807, 2.05) is 19.1 Å². The van der Waals surface area contributed by atoms with Gasteiger partial charge in [-0.15, -0.1) is 0 Å². The summed E-state index contributed by atoms with van der Waals surface area (Å²) >= 11 is 0. The molecular formula is C12H16N2O. The largest absolute Gasteiger partial charge is 0.465 e. The molecule has 1 aromatic rings. The van der Waals surface area contributed by atoms with E-state index in [0.29, 0.717) is 0 Å². The van der Waals surface area contributed by atoms with Gasteiger partial charge >= 0.3 is 0 Å². The van der Waals surface area contributed by atoms with E-state index < -0.39 is 0 Å². The maximum atomic E-state index is 9.02. The molecule has 0 saturated heterocycles. The van der Waals surface area contributed by atoms with Crippen LogP contribution in [-0.2, 0) is 6.54 Å². The van der Waals surface area contributed by atoms with E-state index in [-0.39, 0.29) is 5.41 Å². The number of hydrogen-bond acceptors (Lipinski definition) is 3. The van der Waals surface area contributed by atoms with E-state index in [1.54, 1.807) is 0 Å². The third kappa shape index (κ3) is 2.21. The number of furan rings is 1. The highest BCUT2D eigenvalue weighted by Gasteiger charge is 2.36. The van der Waals surface area contributed by atoms with Gasteiger partial charge in [0.1, 0.15) is 11.5 Å². The minimum absolute atomic E-state index is 0.0956. The molecule has 0 aliphatic heterocycles. The second-order valence-corrected chi connectivity index (χ2v) is 4.36. The van der Waals surface area contributed by atoms with Gasteiger partial charge in [0, 0.05) is 6.54 Å². The van der Waals surface area contributed by atoms with Crippen LogP contribution in [0.15, 0.2) is 16.5 Å². The van der Waals surface area contributed by atoms with E-state index in [0.717, 1.165) is 37.5 Å². The molecule has 1 N–H and O–H groups in total. The summed E-state index contributed by atoms with van der Waals surface area (Å²) in [6, 6.07) is 6.35. The Balaban J connectivity index is 1.78. The first-order valence-corrected chi connectivity index (χ1v) is 5.41. The lowest BCUT2D eigenvalue weighted by Gasteiger charge is -2.35. The third-order valence-corrected chi connectivity index (χ3v) is 3.11. The van der Waals surface area contributed by atoms with E-state index in [9.17, 15) is 0 Å². The zero-order valence-corrected chi connectivity index (χ0v) is 9.05. The van der Waals surface area contributed by atoms with Crippen LogP contribution in [0.4, 0.5) is 0 Å². The van der Waals surface area contributed by atoms with Gasteiger partial charge in [0.15, 0.2) is 0 Å². The molecule has 15 heavy (non-hydrogen) atoms. The van der Waals surface area contributed by atoms with Crippen molar-refractivity contribution in [2.45, 2.75) is 32.7 Å². The molecule has 1 fully saturated rings. The van der Waals surface area contributed by atoms with Gasteiger partial charge in [-0.25, -0.2) is 0 Å². The second kappa shape index (κ2) is 4.08. The summed E-state index contributed by atoms with van der Waals surface area (Å²) < 4.78 is 5.44. The van der Waals surface area contributed by atoms with Crippen molar-refractivity contribution < 1.29 is 4.42 Å². The first-order valence-electron chi connectivity index (χ1n) is 5.41. The van der Waals surface area contributed by atoms with Crippen molar-refractivity contribution in [1.82, 2.24) is 5.32 Å². The van der Waals surface area contributed by atoms with Crippen molar-refractivity contribution in [3.8, 4) is 6.07 Å². The first kappa shape index (κ1) is 10.3. The monoisotopic (exact) mass is 204 g/mol. The molecule has 3 nitrogen and oxygen atoms in total. The van der Waals surface area contributed by atoms with Crippen LogP contribution in [0.25, 0.3) is 0 Å². The van der Waals surface area contributed by atoms with Crippen LogP contribution in [-0.4, -0.2) is 6.54 Å². The second-order valence-electron chi connectivity index (χ2n) is 4.36. The molecule has 3 heteroatoms. The lowest BCUT2D eigenvalue weighted by molar-refractivity contribution is 0.205. The smallest absolute Gasteiger partial charge is 0.117 e. The molecule has 80 valence electrons. The molecule has 1 saturated carbocycles. The van der Waals surface area contributed by atoms with Crippen LogP contribution in [0.3, 0.4) is 0 Å². The van der Waals surface area contributed by atoms with E-state index in [4.69, 9.17) is 9.68 Å². The van der Waals surface area contributed by atoms with Gasteiger partial charge in [0.25, 0.3) is 0 Å². The summed E-state index contributed by atoms with van der Waals surface area (Å²) in [5.41, 5.74) is -0.0956. The highest BCUT2D eigenvalue weighted by molar-refractivity contribution is 5.08. The Morgan fingerprint density at radius 2 is 2.33 bits per heavy atom. The molecule has 0 radical (unpaired) electrons. The Kier molecular flexibility index (Phi) is 2.79. The lowest BCUT2D eigenvalue weighted by Crippen LogP contribution is -2.38. The van der Waals surface area contributed by atoms with Crippen molar-refractivity contribution in [3.63, 3.8) is 0 Å². The van der Waals surface area contributed by atoms with Crippen molar-refractivity contribution in [2.75, 3.05) is 6.54 Å². The summed E-state index contributed by atoms with van der Waals surface area (Å²) in [7, 11) is 0. The summed E-state index contributed by atoms with van der Waals surface area (Å²) in [5.74, 6) is 1.88. The molecule has 0 spiro atoms. The molecule has 0 bridgehead atoms. The minimum atomic E-state index is -0.0956. The summed E-state index contributed by atoms with van der Waals surface area (Å²) in [6.07, 6.45) is 3.26. The van der Waals surface area contributed by atoms with Crippen molar-refractivity contribution >= 4 is 0 Å². The highest BCUT2D eigenvalue weighted by atomic mass is 16.3. The van der Waals surface area contributed by atoms with Crippen LogP contribution < -0.4 is 5.32 Å². The third-order valence-electron chi connectivity index (χ3n) is 3.11. The Labute approximate surface area is 90.1 Å². The topological polar surface area (TPSA) is 49.0 Å². The number of hydrogen-bond donors (Lipinski definition) is 1. The number of rotatable bonds is 4. The predicted molar refractivity (Wildman–Crippen MR) is 57.0 cm³/mol. The quantitative estimate of drug-likeness (QED) is 0.819. The maximum absolute atomic E-state index is 9.02. The molecule has 1 heterocycles. The zero-order valence-electron chi connectivity index (χ0n) is 9.05. The van der Waals surface area contributed by atoms with E-state index in [1.165, 1.54) is 6.42 Å².